The van der Waals surface area contributed by atoms with E-state index in [1.807, 2.05) is 0 Å². The molecule has 0 heterocycles. The summed E-state index contributed by atoms with van der Waals surface area (Å²) in [6, 6.07) is 0.638. The number of nitrogens with zero attached hydrogens (tertiary/aromatic N) is 1. The van der Waals surface area contributed by atoms with E-state index in [9.17, 15) is 4.79 Å². The lowest BCUT2D eigenvalue weighted by molar-refractivity contribution is -0.147. The third kappa shape index (κ3) is 3.76. The van der Waals surface area contributed by atoms with Gasteiger partial charge in [-0.1, -0.05) is 13.3 Å². The van der Waals surface area contributed by atoms with Crippen molar-refractivity contribution in [3.63, 3.8) is 0 Å². The Bertz CT molecular complexity index is 237. The second kappa shape index (κ2) is 5.64. The number of carbonyl (C=O) groups excluding carboxylic acids is 1. The fraction of sp³-hybridized carbons (Fsp3) is 0.917. The molecule has 0 aliphatic heterocycles. The van der Waals surface area contributed by atoms with Crippen molar-refractivity contribution >= 4 is 5.97 Å². The van der Waals surface area contributed by atoms with Gasteiger partial charge >= 0.3 is 5.97 Å². The molecule has 1 unspecified atom stereocenters. The second-order valence-corrected chi connectivity index (χ2v) is 4.96. The summed E-state index contributed by atoms with van der Waals surface area (Å²) in [6.07, 6.45) is 4.80. The van der Waals surface area contributed by atoms with E-state index in [-0.39, 0.29) is 5.97 Å². The fourth-order valence-electron chi connectivity index (χ4n) is 1.91. The molecule has 1 aliphatic carbocycles. The summed E-state index contributed by atoms with van der Waals surface area (Å²) >= 11 is 0. The molecule has 0 radical (unpaired) electrons. The molecule has 4 heteroatoms. The molecule has 1 atom stereocenters. The summed E-state index contributed by atoms with van der Waals surface area (Å²) in [6.45, 7) is 5.56. The fourth-order valence-corrected chi connectivity index (χ4v) is 1.91. The number of carbonyl (C=O) groups is 1. The minimum absolute atomic E-state index is 0.324. The lowest BCUT2D eigenvalue weighted by Crippen LogP contribution is -2.55. The molecule has 1 fully saturated rings. The SMILES string of the molecule is CCCCN(CC(C)(N)C(=O)OC)C1CC1. The number of unbranched alkanes of at least 4 members (excludes halogenated alkanes) is 1. The zero-order valence-corrected chi connectivity index (χ0v) is 10.7. The predicted molar refractivity (Wildman–Crippen MR) is 64.1 cm³/mol. The second-order valence-electron chi connectivity index (χ2n) is 4.96. The molecule has 0 bridgehead atoms. The Morgan fingerprint density at radius 3 is 2.62 bits per heavy atom. The van der Waals surface area contributed by atoms with Crippen LogP contribution < -0.4 is 5.73 Å². The molecule has 0 aromatic carbocycles. The zero-order chi connectivity index (χ0) is 12.2. The van der Waals surface area contributed by atoms with Crippen LogP contribution in [0.2, 0.25) is 0 Å². The molecule has 4 nitrogen and oxygen atoms in total. The van der Waals surface area contributed by atoms with Crippen LogP contribution in [0.3, 0.4) is 0 Å². The number of nitrogens with two attached hydrogens (primary N) is 1. The monoisotopic (exact) mass is 228 g/mol. The molecule has 0 aromatic heterocycles. The van der Waals surface area contributed by atoms with Crippen molar-refractivity contribution in [2.75, 3.05) is 20.2 Å². The summed E-state index contributed by atoms with van der Waals surface area (Å²) in [5.41, 5.74) is 5.11. The first-order valence-corrected chi connectivity index (χ1v) is 6.12. The lowest BCUT2D eigenvalue weighted by atomic mass is 10.0. The number of esters is 1. The van der Waals surface area contributed by atoms with Crippen molar-refractivity contribution in [1.29, 1.82) is 0 Å². The molecule has 0 saturated heterocycles. The molecule has 0 spiro atoms. The van der Waals surface area contributed by atoms with Gasteiger partial charge in [0.15, 0.2) is 0 Å². The van der Waals surface area contributed by atoms with E-state index in [4.69, 9.17) is 10.5 Å². The smallest absolute Gasteiger partial charge is 0.326 e. The minimum Gasteiger partial charge on any atom is -0.468 e. The van der Waals surface area contributed by atoms with Gasteiger partial charge < -0.3 is 10.5 Å². The first-order chi connectivity index (χ1) is 7.51. The van der Waals surface area contributed by atoms with Crippen LogP contribution in [-0.4, -0.2) is 42.6 Å². The van der Waals surface area contributed by atoms with E-state index in [2.05, 4.69) is 11.8 Å². The highest BCUT2D eigenvalue weighted by molar-refractivity contribution is 5.80. The van der Waals surface area contributed by atoms with E-state index in [1.165, 1.54) is 26.4 Å². The van der Waals surface area contributed by atoms with Crippen LogP contribution in [0.15, 0.2) is 0 Å². The van der Waals surface area contributed by atoms with Gasteiger partial charge in [0.2, 0.25) is 0 Å². The number of methoxy groups -OCH3 is 1. The van der Waals surface area contributed by atoms with Gasteiger partial charge in [-0.05, 0) is 32.7 Å². The Balaban J connectivity index is 2.49. The van der Waals surface area contributed by atoms with E-state index in [0.717, 1.165) is 13.0 Å². The zero-order valence-electron chi connectivity index (χ0n) is 10.7. The first kappa shape index (κ1) is 13.5. The van der Waals surface area contributed by atoms with Crippen molar-refractivity contribution in [3.05, 3.63) is 0 Å². The molecular weight excluding hydrogens is 204 g/mol. The molecule has 2 N–H and O–H groups in total. The maximum absolute atomic E-state index is 11.5. The summed E-state index contributed by atoms with van der Waals surface area (Å²) in [7, 11) is 1.39. The maximum Gasteiger partial charge on any atom is 0.326 e. The van der Waals surface area contributed by atoms with Crippen LogP contribution in [0.5, 0.6) is 0 Å². The number of rotatable bonds is 7. The third-order valence-electron chi connectivity index (χ3n) is 3.05. The Morgan fingerprint density at radius 1 is 1.56 bits per heavy atom. The van der Waals surface area contributed by atoms with Gasteiger partial charge in [-0.3, -0.25) is 9.69 Å². The van der Waals surface area contributed by atoms with Crippen molar-refractivity contribution in [1.82, 2.24) is 4.90 Å². The topological polar surface area (TPSA) is 55.6 Å². The minimum atomic E-state index is -0.884. The van der Waals surface area contributed by atoms with Crippen molar-refractivity contribution < 1.29 is 9.53 Å². The molecule has 0 amide bonds. The summed E-state index contributed by atoms with van der Waals surface area (Å²) < 4.78 is 4.73. The van der Waals surface area contributed by atoms with Crippen LogP contribution in [0.1, 0.15) is 39.5 Å². The van der Waals surface area contributed by atoms with Gasteiger partial charge in [-0.2, -0.15) is 0 Å². The van der Waals surface area contributed by atoms with E-state index in [0.29, 0.717) is 12.6 Å². The Hall–Kier alpha value is -0.610. The van der Waals surface area contributed by atoms with E-state index >= 15 is 0 Å². The van der Waals surface area contributed by atoms with Crippen LogP contribution in [-0.2, 0) is 9.53 Å². The summed E-state index contributed by atoms with van der Waals surface area (Å²) in [5, 5.41) is 0. The van der Waals surface area contributed by atoms with Crippen molar-refractivity contribution in [2.24, 2.45) is 5.73 Å². The quantitative estimate of drug-likeness (QED) is 0.664. The van der Waals surface area contributed by atoms with Crippen LogP contribution in [0, 0.1) is 0 Å². The highest BCUT2D eigenvalue weighted by Gasteiger charge is 2.37. The maximum atomic E-state index is 11.5. The summed E-state index contributed by atoms with van der Waals surface area (Å²) in [4.78, 5) is 13.8. The Kier molecular flexibility index (Phi) is 4.74. The molecular formula is C12H24N2O2. The lowest BCUT2D eigenvalue weighted by Gasteiger charge is -2.30. The van der Waals surface area contributed by atoms with Crippen LogP contribution >= 0.6 is 0 Å². The average molecular weight is 228 g/mol. The third-order valence-corrected chi connectivity index (χ3v) is 3.05. The van der Waals surface area contributed by atoms with Gasteiger partial charge in [-0.15, -0.1) is 0 Å². The van der Waals surface area contributed by atoms with E-state index in [1.54, 1.807) is 6.92 Å². The van der Waals surface area contributed by atoms with Crippen molar-refractivity contribution in [2.45, 2.75) is 51.1 Å². The largest absolute Gasteiger partial charge is 0.468 e. The Morgan fingerprint density at radius 2 is 2.19 bits per heavy atom. The predicted octanol–water partition coefficient (Wildman–Crippen LogP) is 1.14. The number of ether oxygens (including phenoxy) is 1. The normalized spacial score (nSPS) is 19.6. The Labute approximate surface area is 98.1 Å². The molecule has 1 aliphatic rings. The molecule has 1 rings (SSSR count). The average Bonchev–Trinajstić information content (AvgIpc) is 3.06. The molecule has 1 saturated carbocycles. The van der Waals surface area contributed by atoms with Crippen LogP contribution in [0.25, 0.3) is 0 Å². The highest BCUT2D eigenvalue weighted by atomic mass is 16.5. The summed E-state index contributed by atoms with van der Waals surface area (Å²) in [5.74, 6) is -0.324. The molecule has 94 valence electrons. The number of hydrogen-bond donors (Lipinski definition) is 1. The highest BCUT2D eigenvalue weighted by Crippen LogP contribution is 2.28. The first-order valence-electron chi connectivity index (χ1n) is 6.12. The van der Waals surface area contributed by atoms with Crippen LogP contribution in [0.4, 0.5) is 0 Å². The van der Waals surface area contributed by atoms with Gasteiger partial charge in [0, 0.05) is 12.6 Å². The van der Waals surface area contributed by atoms with Crippen molar-refractivity contribution in [3.8, 4) is 0 Å². The molecule has 16 heavy (non-hydrogen) atoms. The van der Waals surface area contributed by atoms with Gasteiger partial charge in [0.25, 0.3) is 0 Å². The number of hydrogen-bond acceptors (Lipinski definition) is 4. The van der Waals surface area contributed by atoms with E-state index < -0.39 is 5.54 Å². The van der Waals surface area contributed by atoms with Gasteiger partial charge in [0.05, 0.1) is 7.11 Å². The molecule has 0 aromatic rings. The van der Waals surface area contributed by atoms with Gasteiger partial charge in [-0.25, -0.2) is 0 Å². The van der Waals surface area contributed by atoms with Gasteiger partial charge in [0.1, 0.15) is 5.54 Å². The standard InChI is InChI=1S/C12H24N2O2/c1-4-5-8-14(10-6-7-10)9-12(2,13)11(15)16-3/h10H,4-9,13H2,1-3H3.